The van der Waals surface area contributed by atoms with Gasteiger partial charge in [-0.05, 0) is 53.2 Å². The number of fused-ring (bicyclic) bond motifs is 2. The lowest BCUT2D eigenvalue weighted by Crippen LogP contribution is -2.59. The largest absolute Gasteiger partial charge is 0.338 e. The number of aromatic amines is 1. The molecule has 2 aliphatic rings. The van der Waals surface area contributed by atoms with Gasteiger partial charge in [-0.2, -0.15) is 5.26 Å². The molecule has 2 heterocycles. The summed E-state index contributed by atoms with van der Waals surface area (Å²) in [5.74, 6) is -0.978. The zero-order chi connectivity index (χ0) is 29.1. The second-order valence-corrected chi connectivity index (χ2v) is 14.5. The Labute approximate surface area is 229 Å². The van der Waals surface area contributed by atoms with E-state index in [1.165, 1.54) is 4.90 Å². The van der Waals surface area contributed by atoms with Crippen molar-refractivity contribution in [3.63, 3.8) is 0 Å². The van der Waals surface area contributed by atoms with Crippen molar-refractivity contribution in [3.8, 4) is 6.07 Å². The molecule has 4 rings (SSSR count). The Morgan fingerprint density at radius 3 is 2.51 bits per heavy atom. The summed E-state index contributed by atoms with van der Waals surface area (Å²) in [6, 6.07) is 6.56. The van der Waals surface area contributed by atoms with E-state index in [-0.39, 0.29) is 29.2 Å². The Kier molecular flexibility index (Phi) is 7.19. The molecule has 2 aromatic rings. The van der Waals surface area contributed by atoms with Crippen LogP contribution in [0.3, 0.4) is 0 Å². The van der Waals surface area contributed by atoms with Crippen LogP contribution >= 0.6 is 0 Å². The number of aryl methyl sites for hydroxylation is 1. The minimum Gasteiger partial charge on any atom is -0.338 e. The average Bonchev–Trinajstić information content (AvgIpc) is 3.14. The molecule has 39 heavy (non-hydrogen) atoms. The Bertz CT molecular complexity index is 1530. The van der Waals surface area contributed by atoms with E-state index in [2.05, 4.69) is 21.1 Å². The summed E-state index contributed by atoms with van der Waals surface area (Å²) in [7, 11) is -3.70. The number of benzene rings is 1. The number of carbonyl (C=O) groups is 2. The number of aromatic nitrogens is 1. The normalized spacial score (nSPS) is 23.5. The fourth-order valence-corrected chi connectivity index (χ4v) is 6.80. The highest BCUT2D eigenvalue weighted by Crippen LogP contribution is 2.65. The van der Waals surface area contributed by atoms with Crippen LogP contribution in [0.4, 0.5) is 0 Å². The number of H-pyrrole nitrogens is 1. The van der Waals surface area contributed by atoms with Crippen LogP contribution in [-0.2, 0) is 26.0 Å². The van der Waals surface area contributed by atoms with Crippen LogP contribution in [0, 0.1) is 40.9 Å². The highest BCUT2D eigenvalue weighted by Gasteiger charge is 2.69. The summed E-state index contributed by atoms with van der Waals surface area (Å²) in [5.41, 5.74) is 0.835. The maximum atomic E-state index is 13.7. The first kappa shape index (κ1) is 28.8. The molecule has 210 valence electrons. The minimum atomic E-state index is -3.70. The first-order chi connectivity index (χ1) is 17.9. The van der Waals surface area contributed by atoms with E-state index < -0.39 is 45.4 Å². The number of rotatable bonds is 7. The van der Waals surface area contributed by atoms with Crippen molar-refractivity contribution in [1.82, 2.24) is 19.9 Å². The van der Waals surface area contributed by atoms with Crippen molar-refractivity contribution < 1.29 is 18.0 Å². The van der Waals surface area contributed by atoms with Gasteiger partial charge in [0, 0.05) is 24.0 Å². The lowest BCUT2D eigenvalue weighted by molar-refractivity contribution is -0.143. The van der Waals surface area contributed by atoms with Crippen LogP contribution in [0.15, 0.2) is 29.1 Å². The molecule has 2 amide bonds. The van der Waals surface area contributed by atoms with Crippen LogP contribution < -0.4 is 15.6 Å². The third-order valence-electron chi connectivity index (χ3n) is 8.18. The van der Waals surface area contributed by atoms with E-state index in [9.17, 15) is 28.1 Å². The first-order valence-electron chi connectivity index (χ1n) is 13.0. The van der Waals surface area contributed by atoms with Gasteiger partial charge in [0.1, 0.15) is 18.1 Å². The monoisotopic (exact) mass is 555 g/mol. The van der Waals surface area contributed by atoms with Gasteiger partial charge in [0.15, 0.2) is 0 Å². The lowest BCUT2D eigenvalue weighted by atomic mass is 9.86. The second-order valence-electron chi connectivity index (χ2n) is 12.7. The summed E-state index contributed by atoms with van der Waals surface area (Å²) >= 11 is 0. The average molecular weight is 556 g/mol. The van der Waals surface area contributed by atoms with Gasteiger partial charge < -0.3 is 15.2 Å². The zero-order valence-corrected chi connectivity index (χ0v) is 24.3. The SMILES string of the molecule is Cc1ccc2[nH]c(=O)c(C[C@@H](C#N)NC(=O)[C@@H]3[C@H]4[C@H](CN3C(=O)[C@@H](NS(C)(=O)=O)C(C)(C)C)C4(C)C)cc2c1. The van der Waals surface area contributed by atoms with Crippen molar-refractivity contribution in [3.05, 3.63) is 45.7 Å². The van der Waals surface area contributed by atoms with Crippen molar-refractivity contribution in [2.75, 3.05) is 12.8 Å². The van der Waals surface area contributed by atoms with E-state index in [1.54, 1.807) is 26.8 Å². The van der Waals surface area contributed by atoms with Gasteiger partial charge in [-0.25, -0.2) is 13.1 Å². The number of carbonyl (C=O) groups excluding carboxylic acids is 2. The fourth-order valence-electron chi connectivity index (χ4n) is 5.92. The molecule has 1 aromatic carbocycles. The van der Waals surface area contributed by atoms with E-state index in [0.29, 0.717) is 17.6 Å². The molecule has 3 N–H and O–H groups in total. The van der Waals surface area contributed by atoms with Crippen LogP contribution in [-0.4, -0.2) is 61.0 Å². The molecule has 11 heteroatoms. The summed E-state index contributed by atoms with van der Waals surface area (Å²) < 4.78 is 26.6. The van der Waals surface area contributed by atoms with Gasteiger partial charge in [0.05, 0.1) is 12.3 Å². The molecule has 1 saturated carbocycles. The molecule has 10 nitrogen and oxygen atoms in total. The van der Waals surface area contributed by atoms with Crippen molar-refractivity contribution in [2.24, 2.45) is 22.7 Å². The maximum absolute atomic E-state index is 13.7. The third-order valence-corrected chi connectivity index (χ3v) is 8.84. The van der Waals surface area contributed by atoms with Crippen molar-refractivity contribution >= 4 is 32.7 Å². The number of nitrogens with zero attached hydrogens (tertiary/aromatic N) is 2. The van der Waals surface area contributed by atoms with Crippen molar-refractivity contribution in [1.29, 1.82) is 5.26 Å². The number of piperidine rings is 1. The molecule has 1 aliphatic carbocycles. The van der Waals surface area contributed by atoms with Gasteiger partial charge >= 0.3 is 0 Å². The van der Waals surface area contributed by atoms with Gasteiger partial charge in [-0.15, -0.1) is 0 Å². The molecule has 1 aliphatic heterocycles. The number of likely N-dealkylation sites (tertiary alicyclic amines) is 1. The molecule has 1 aromatic heterocycles. The molecule has 0 radical (unpaired) electrons. The van der Waals surface area contributed by atoms with E-state index in [0.717, 1.165) is 17.2 Å². The lowest BCUT2D eigenvalue weighted by Gasteiger charge is -2.37. The number of hydrogen-bond donors (Lipinski definition) is 3. The predicted molar refractivity (Wildman–Crippen MR) is 148 cm³/mol. The zero-order valence-electron chi connectivity index (χ0n) is 23.5. The standard InChI is InChI=1S/C28H37N5O5S/c1-15-8-9-20-16(10-15)11-17(24(34)31-20)12-18(13-29)30-25(35)22-21-19(28(21,5)6)14-33(22)26(36)23(27(2,3)4)32-39(7,37)38/h8-11,18-19,21-23,32H,12,14H2,1-7H3,(H,30,35)(H,31,34)/t18-,19-,21+,22-,23+/m0/s1. The second kappa shape index (κ2) is 9.75. The highest BCUT2D eigenvalue weighted by atomic mass is 32.2. The van der Waals surface area contributed by atoms with Crippen LogP contribution in [0.2, 0.25) is 0 Å². The number of pyridine rings is 1. The predicted octanol–water partition coefficient (Wildman–Crippen LogP) is 1.83. The number of hydrogen-bond acceptors (Lipinski definition) is 6. The molecule has 5 atom stereocenters. The van der Waals surface area contributed by atoms with E-state index >= 15 is 0 Å². The van der Waals surface area contributed by atoms with Gasteiger partial charge in [-0.3, -0.25) is 14.4 Å². The molecule has 2 fully saturated rings. The summed E-state index contributed by atoms with van der Waals surface area (Å²) in [5, 5.41) is 13.5. The fraction of sp³-hybridized carbons (Fsp3) is 0.571. The smallest absolute Gasteiger partial charge is 0.251 e. The highest BCUT2D eigenvalue weighted by molar-refractivity contribution is 7.88. The Hall–Kier alpha value is -3.23. The third kappa shape index (κ3) is 5.72. The maximum Gasteiger partial charge on any atom is 0.251 e. The number of nitriles is 1. The van der Waals surface area contributed by atoms with Crippen LogP contribution in [0.25, 0.3) is 10.9 Å². The minimum absolute atomic E-state index is 0.000139. The Balaban J connectivity index is 1.58. The Morgan fingerprint density at radius 1 is 1.26 bits per heavy atom. The van der Waals surface area contributed by atoms with Gasteiger partial charge in [-0.1, -0.05) is 46.2 Å². The summed E-state index contributed by atoms with van der Waals surface area (Å²) in [6.07, 6.45) is 1.00. The quantitative estimate of drug-likeness (QED) is 0.474. The summed E-state index contributed by atoms with van der Waals surface area (Å²) in [6.45, 7) is 11.6. The van der Waals surface area contributed by atoms with Crippen LogP contribution in [0.1, 0.15) is 45.7 Å². The molecular formula is C28H37N5O5S. The van der Waals surface area contributed by atoms with Crippen molar-refractivity contribution in [2.45, 2.75) is 66.1 Å². The molecule has 0 unspecified atom stereocenters. The van der Waals surface area contributed by atoms with E-state index in [4.69, 9.17) is 0 Å². The van der Waals surface area contributed by atoms with Gasteiger partial charge in [0.25, 0.3) is 5.56 Å². The number of amides is 2. The van der Waals surface area contributed by atoms with Crippen LogP contribution in [0.5, 0.6) is 0 Å². The number of nitrogens with one attached hydrogen (secondary N) is 3. The Morgan fingerprint density at radius 2 is 1.92 bits per heavy atom. The molecular weight excluding hydrogens is 518 g/mol. The topological polar surface area (TPSA) is 152 Å². The molecule has 0 bridgehead atoms. The number of sulfonamides is 1. The molecule has 0 spiro atoms. The first-order valence-corrected chi connectivity index (χ1v) is 14.9. The van der Waals surface area contributed by atoms with Gasteiger partial charge in [0.2, 0.25) is 21.8 Å². The summed E-state index contributed by atoms with van der Waals surface area (Å²) in [4.78, 5) is 44.4. The van der Waals surface area contributed by atoms with E-state index in [1.807, 2.05) is 39.0 Å². The molecule has 1 saturated heterocycles.